The van der Waals surface area contributed by atoms with Crippen LogP contribution in [0.25, 0.3) is 0 Å². The van der Waals surface area contributed by atoms with Gasteiger partial charge in [0, 0.05) is 13.1 Å². The summed E-state index contributed by atoms with van der Waals surface area (Å²) in [5, 5.41) is 8.81. The van der Waals surface area contributed by atoms with Crippen molar-refractivity contribution < 1.29 is 14.7 Å². The normalized spacial score (nSPS) is 15.6. The largest absolute Gasteiger partial charge is 0.477 e. The van der Waals surface area contributed by atoms with E-state index < -0.39 is 5.97 Å². The molecule has 0 bridgehead atoms. The van der Waals surface area contributed by atoms with E-state index in [0.29, 0.717) is 0 Å². The highest BCUT2D eigenvalue weighted by atomic mass is 16.4. The van der Waals surface area contributed by atoms with Crippen molar-refractivity contribution in [3.63, 3.8) is 0 Å². The summed E-state index contributed by atoms with van der Waals surface area (Å²) in [5.74, 6) is -1.29. The molecular weight excluding hydrogens is 220 g/mol. The number of hydrogen-bond donors (Lipinski definition) is 1. The van der Waals surface area contributed by atoms with Crippen LogP contribution in [0.15, 0.2) is 18.2 Å². The molecule has 1 aromatic rings. The molecule has 0 saturated carbocycles. The highest BCUT2D eigenvalue weighted by Crippen LogP contribution is 2.12. The van der Waals surface area contributed by atoms with Gasteiger partial charge in [-0.2, -0.15) is 0 Å². The molecule has 0 aliphatic carbocycles. The van der Waals surface area contributed by atoms with Crippen LogP contribution >= 0.6 is 0 Å². The van der Waals surface area contributed by atoms with Crippen LogP contribution in [0.3, 0.4) is 0 Å². The molecule has 0 radical (unpaired) electrons. The van der Waals surface area contributed by atoms with Gasteiger partial charge in [-0.05, 0) is 31.4 Å². The van der Waals surface area contributed by atoms with Gasteiger partial charge in [0.05, 0.1) is 0 Å². The van der Waals surface area contributed by atoms with E-state index in [2.05, 4.69) is 4.98 Å². The van der Waals surface area contributed by atoms with Crippen molar-refractivity contribution in [2.75, 3.05) is 13.1 Å². The number of rotatable bonds is 2. The first-order valence-corrected chi connectivity index (χ1v) is 5.68. The van der Waals surface area contributed by atoms with Crippen LogP contribution in [-0.2, 0) is 0 Å². The van der Waals surface area contributed by atoms with Crippen molar-refractivity contribution in [1.82, 2.24) is 9.88 Å². The maximum atomic E-state index is 12.0. The van der Waals surface area contributed by atoms with E-state index in [9.17, 15) is 9.59 Å². The van der Waals surface area contributed by atoms with E-state index in [0.717, 1.165) is 32.4 Å². The van der Waals surface area contributed by atoms with Crippen molar-refractivity contribution >= 4 is 11.9 Å². The number of aromatic nitrogens is 1. The molecule has 0 atom stereocenters. The van der Waals surface area contributed by atoms with Crippen LogP contribution in [0.1, 0.15) is 40.2 Å². The first-order valence-electron chi connectivity index (χ1n) is 5.68. The van der Waals surface area contributed by atoms with E-state index in [4.69, 9.17) is 5.11 Å². The zero-order valence-electron chi connectivity index (χ0n) is 9.43. The van der Waals surface area contributed by atoms with Gasteiger partial charge in [0.1, 0.15) is 11.4 Å². The smallest absolute Gasteiger partial charge is 0.354 e. The van der Waals surface area contributed by atoms with Gasteiger partial charge < -0.3 is 10.0 Å². The molecule has 1 aromatic heterocycles. The average molecular weight is 234 g/mol. The number of amides is 1. The van der Waals surface area contributed by atoms with Crippen LogP contribution < -0.4 is 0 Å². The molecule has 5 heteroatoms. The number of piperidine rings is 1. The van der Waals surface area contributed by atoms with Gasteiger partial charge in [0.15, 0.2) is 0 Å². The Morgan fingerprint density at radius 2 is 1.76 bits per heavy atom. The zero-order chi connectivity index (χ0) is 12.3. The summed E-state index contributed by atoms with van der Waals surface area (Å²) < 4.78 is 0. The molecule has 1 fully saturated rings. The average Bonchev–Trinajstić information content (AvgIpc) is 2.39. The van der Waals surface area contributed by atoms with Gasteiger partial charge in [-0.15, -0.1) is 0 Å². The first-order chi connectivity index (χ1) is 8.18. The predicted molar refractivity (Wildman–Crippen MR) is 61.0 cm³/mol. The molecule has 17 heavy (non-hydrogen) atoms. The Bertz CT molecular complexity index is 439. The minimum absolute atomic E-state index is 0.0899. The quantitative estimate of drug-likeness (QED) is 0.839. The standard InChI is InChI=1S/C12H14N2O3/c15-11(14-7-2-1-3-8-14)9-5-4-6-10(13-9)12(16)17/h4-6H,1-3,7-8H2,(H,16,17). The van der Waals surface area contributed by atoms with E-state index in [1.807, 2.05) is 0 Å². The maximum Gasteiger partial charge on any atom is 0.354 e. The molecule has 2 rings (SSSR count). The summed E-state index contributed by atoms with van der Waals surface area (Å²) in [4.78, 5) is 28.4. The highest BCUT2D eigenvalue weighted by molar-refractivity contribution is 5.94. The lowest BCUT2D eigenvalue weighted by atomic mass is 10.1. The van der Waals surface area contributed by atoms with Gasteiger partial charge >= 0.3 is 5.97 Å². The topological polar surface area (TPSA) is 70.5 Å². The van der Waals surface area contributed by atoms with Crippen molar-refractivity contribution in [2.24, 2.45) is 0 Å². The molecule has 1 aliphatic rings. The lowest BCUT2D eigenvalue weighted by Gasteiger charge is -2.26. The summed E-state index contributed by atoms with van der Waals surface area (Å²) in [7, 11) is 0. The minimum Gasteiger partial charge on any atom is -0.477 e. The Hall–Kier alpha value is -1.91. The molecule has 0 unspecified atom stereocenters. The summed E-state index contributed by atoms with van der Waals surface area (Å²) in [6.07, 6.45) is 3.15. The third-order valence-electron chi connectivity index (χ3n) is 2.83. The molecular formula is C12H14N2O3. The Kier molecular flexibility index (Phi) is 3.37. The molecule has 90 valence electrons. The van der Waals surface area contributed by atoms with Crippen LogP contribution in [0.4, 0.5) is 0 Å². The Morgan fingerprint density at radius 3 is 2.41 bits per heavy atom. The first kappa shape index (κ1) is 11.6. The van der Waals surface area contributed by atoms with Crippen LogP contribution in [0.2, 0.25) is 0 Å². The van der Waals surface area contributed by atoms with Crippen molar-refractivity contribution in [3.8, 4) is 0 Å². The number of carbonyl (C=O) groups excluding carboxylic acids is 1. The lowest BCUT2D eigenvalue weighted by Crippen LogP contribution is -2.36. The predicted octanol–water partition coefficient (Wildman–Crippen LogP) is 1.41. The number of carboxylic acid groups (broad SMARTS) is 1. The number of carbonyl (C=O) groups is 2. The number of aromatic carboxylic acids is 1. The van der Waals surface area contributed by atoms with Crippen molar-refractivity contribution in [2.45, 2.75) is 19.3 Å². The Morgan fingerprint density at radius 1 is 1.12 bits per heavy atom. The van der Waals surface area contributed by atoms with Crippen molar-refractivity contribution in [1.29, 1.82) is 0 Å². The van der Waals surface area contributed by atoms with Crippen LogP contribution in [0, 0.1) is 0 Å². The maximum absolute atomic E-state index is 12.0. The summed E-state index contributed by atoms with van der Waals surface area (Å²) in [5.41, 5.74) is 0.125. The Labute approximate surface area is 99.1 Å². The number of pyridine rings is 1. The molecule has 5 nitrogen and oxygen atoms in total. The van der Waals surface area contributed by atoms with Crippen LogP contribution in [0.5, 0.6) is 0 Å². The minimum atomic E-state index is -1.11. The zero-order valence-corrected chi connectivity index (χ0v) is 9.43. The third kappa shape index (κ3) is 2.61. The van der Waals surface area contributed by atoms with Gasteiger partial charge in [0.25, 0.3) is 5.91 Å². The van der Waals surface area contributed by atoms with Gasteiger partial charge in [0.2, 0.25) is 0 Å². The molecule has 1 saturated heterocycles. The third-order valence-corrected chi connectivity index (χ3v) is 2.83. The summed E-state index contributed by atoms with van der Waals surface area (Å²) >= 11 is 0. The second kappa shape index (κ2) is 4.95. The van der Waals surface area contributed by atoms with E-state index >= 15 is 0 Å². The monoisotopic (exact) mass is 234 g/mol. The van der Waals surface area contributed by atoms with E-state index in [1.54, 1.807) is 17.0 Å². The number of carboxylic acids is 1. The van der Waals surface area contributed by atoms with Gasteiger partial charge in [-0.25, -0.2) is 9.78 Å². The molecule has 0 aromatic carbocycles. The molecule has 1 amide bonds. The van der Waals surface area contributed by atoms with Crippen molar-refractivity contribution in [3.05, 3.63) is 29.6 Å². The van der Waals surface area contributed by atoms with Crippen LogP contribution in [-0.4, -0.2) is 40.0 Å². The van der Waals surface area contributed by atoms with Gasteiger partial charge in [-0.1, -0.05) is 6.07 Å². The van der Waals surface area contributed by atoms with E-state index in [1.165, 1.54) is 6.07 Å². The second-order valence-electron chi connectivity index (χ2n) is 4.07. The fraction of sp³-hybridized carbons (Fsp3) is 0.417. The number of nitrogens with zero attached hydrogens (tertiary/aromatic N) is 2. The molecule has 1 N–H and O–H groups in total. The number of hydrogen-bond acceptors (Lipinski definition) is 3. The lowest BCUT2D eigenvalue weighted by molar-refractivity contribution is 0.0689. The highest BCUT2D eigenvalue weighted by Gasteiger charge is 2.20. The summed E-state index contributed by atoms with van der Waals surface area (Å²) in [6.45, 7) is 1.47. The fourth-order valence-corrected chi connectivity index (χ4v) is 1.93. The molecule has 1 aliphatic heterocycles. The molecule has 2 heterocycles. The summed E-state index contributed by atoms with van der Waals surface area (Å²) in [6, 6.07) is 4.49. The Balaban J connectivity index is 2.18. The number of likely N-dealkylation sites (tertiary alicyclic amines) is 1. The molecule has 0 spiro atoms. The van der Waals surface area contributed by atoms with E-state index in [-0.39, 0.29) is 17.3 Å². The van der Waals surface area contributed by atoms with Gasteiger partial charge in [-0.3, -0.25) is 4.79 Å². The fourth-order valence-electron chi connectivity index (χ4n) is 1.93. The second-order valence-corrected chi connectivity index (χ2v) is 4.07. The SMILES string of the molecule is O=C(O)c1cccc(C(=O)N2CCCCC2)n1.